The maximum Gasteiger partial charge on any atom is 0.257 e. The maximum atomic E-state index is 12.2. The zero-order chi connectivity index (χ0) is 17.4. The molecule has 7 heteroatoms. The first-order chi connectivity index (χ1) is 11.6. The van der Waals surface area contributed by atoms with E-state index in [1.807, 2.05) is 24.3 Å². The van der Waals surface area contributed by atoms with Crippen molar-refractivity contribution in [3.05, 3.63) is 58.6 Å². The summed E-state index contributed by atoms with van der Waals surface area (Å²) in [6.07, 6.45) is 0. The second-order valence-corrected chi connectivity index (χ2v) is 6.02. The van der Waals surface area contributed by atoms with Crippen LogP contribution in [-0.2, 0) is 4.74 Å². The molecule has 0 saturated carbocycles. The van der Waals surface area contributed by atoms with Crippen LogP contribution in [0.25, 0.3) is 0 Å². The van der Waals surface area contributed by atoms with Crippen LogP contribution in [0.1, 0.15) is 10.4 Å². The number of methoxy groups -OCH3 is 1. The topological polar surface area (TPSA) is 59.6 Å². The van der Waals surface area contributed by atoms with Crippen LogP contribution in [0.15, 0.2) is 53.0 Å². The highest BCUT2D eigenvalue weighted by Crippen LogP contribution is 2.21. The van der Waals surface area contributed by atoms with Gasteiger partial charge in [-0.1, -0.05) is 12.1 Å². The van der Waals surface area contributed by atoms with Gasteiger partial charge in [-0.3, -0.25) is 10.1 Å². The van der Waals surface area contributed by atoms with Gasteiger partial charge in [0.15, 0.2) is 5.11 Å². The molecule has 0 aliphatic heterocycles. The molecule has 24 heavy (non-hydrogen) atoms. The highest BCUT2D eigenvalue weighted by molar-refractivity contribution is 9.10. The number of anilines is 1. The van der Waals surface area contributed by atoms with Gasteiger partial charge >= 0.3 is 0 Å². The van der Waals surface area contributed by atoms with E-state index in [0.29, 0.717) is 24.5 Å². The van der Waals surface area contributed by atoms with Crippen molar-refractivity contribution in [2.75, 3.05) is 25.6 Å². The number of rotatable bonds is 6. The van der Waals surface area contributed by atoms with Gasteiger partial charge in [-0.25, -0.2) is 0 Å². The highest BCUT2D eigenvalue weighted by Gasteiger charge is 2.09. The third-order valence-electron chi connectivity index (χ3n) is 3.02. The van der Waals surface area contributed by atoms with Crippen LogP contribution in [0.3, 0.4) is 0 Å². The molecule has 0 atom stereocenters. The van der Waals surface area contributed by atoms with Crippen molar-refractivity contribution in [1.82, 2.24) is 5.32 Å². The van der Waals surface area contributed by atoms with Crippen LogP contribution in [0.2, 0.25) is 0 Å². The molecular weight excluding hydrogens is 392 g/mol. The molecule has 2 aromatic rings. The Morgan fingerprint density at radius 3 is 2.50 bits per heavy atom. The molecule has 126 valence electrons. The summed E-state index contributed by atoms with van der Waals surface area (Å²) in [7, 11) is 1.61. The minimum atomic E-state index is -0.289. The number of hydrogen-bond donors (Lipinski definition) is 2. The van der Waals surface area contributed by atoms with Gasteiger partial charge in [-0.05, 0) is 64.5 Å². The largest absolute Gasteiger partial charge is 0.491 e. The highest BCUT2D eigenvalue weighted by atomic mass is 79.9. The molecule has 0 heterocycles. The van der Waals surface area contributed by atoms with Gasteiger partial charge in [-0.2, -0.15) is 0 Å². The number of para-hydroxylation sites is 1. The molecule has 0 saturated heterocycles. The van der Waals surface area contributed by atoms with E-state index in [1.54, 1.807) is 31.4 Å². The number of nitrogens with one attached hydrogen (secondary N) is 2. The predicted octanol–water partition coefficient (Wildman–Crippen LogP) is 3.60. The Morgan fingerprint density at radius 1 is 1.12 bits per heavy atom. The lowest BCUT2D eigenvalue weighted by Gasteiger charge is -2.11. The first kappa shape index (κ1) is 18.4. The molecule has 0 fully saturated rings. The minimum absolute atomic E-state index is 0.229. The fraction of sp³-hybridized carbons (Fsp3) is 0.176. The fourth-order valence-corrected chi connectivity index (χ4v) is 2.42. The van der Waals surface area contributed by atoms with Gasteiger partial charge in [0.2, 0.25) is 0 Å². The zero-order valence-electron chi connectivity index (χ0n) is 13.0. The third kappa shape index (κ3) is 5.59. The maximum absolute atomic E-state index is 12.2. The summed E-state index contributed by atoms with van der Waals surface area (Å²) in [5.41, 5.74) is 1.27. The molecule has 0 unspecified atom stereocenters. The van der Waals surface area contributed by atoms with Gasteiger partial charge in [0.05, 0.1) is 12.3 Å². The summed E-state index contributed by atoms with van der Waals surface area (Å²) < 4.78 is 11.2. The standard InChI is InChI=1S/C17H17BrN2O3S/c1-22-10-11-23-13-8-6-12(7-9-13)16(21)20-17(24)19-15-5-3-2-4-14(15)18/h2-9H,10-11H2,1H3,(H2,19,20,21,24). The molecule has 0 aliphatic carbocycles. The van der Waals surface area contributed by atoms with E-state index in [9.17, 15) is 4.79 Å². The second kappa shape index (κ2) is 9.36. The number of benzene rings is 2. The van der Waals surface area contributed by atoms with Gasteiger partial charge in [-0.15, -0.1) is 0 Å². The average Bonchev–Trinajstić information content (AvgIpc) is 2.58. The van der Waals surface area contributed by atoms with Gasteiger partial charge in [0, 0.05) is 17.1 Å². The number of halogens is 1. The first-order valence-corrected chi connectivity index (χ1v) is 8.39. The smallest absolute Gasteiger partial charge is 0.257 e. The lowest BCUT2D eigenvalue weighted by Crippen LogP contribution is -2.34. The lowest BCUT2D eigenvalue weighted by atomic mass is 10.2. The molecule has 0 bridgehead atoms. The Labute approximate surface area is 154 Å². The second-order valence-electron chi connectivity index (χ2n) is 4.75. The number of ether oxygens (including phenoxy) is 2. The molecule has 2 N–H and O–H groups in total. The Kier molecular flexibility index (Phi) is 7.17. The van der Waals surface area contributed by atoms with Gasteiger partial charge in [0.25, 0.3) is 5.91 Å². The SMILES string of the molecule is COCCOc1ccc(C(=O)NC(=S)Nc2ccccc2Br)cc1. The number of hydrogen-bond acceptors (Lipinski definition) is 4. The van der Waals surface area contributed by atoms with E-state index in [2.05, 4.69) is 26.6 Å². The minimum Gasteiger partial charge on any atom is -0.491 e. The van der Waals surface area contributed by atoms with E-state index < -0.39 is 0 Å². The van der Waals surface area contributed by atoms with Crippen LogP contribution in [0.4, 0.5) is 5.69 Å². The number of thiocarbonyl (C=S) groups is 1. The molecule has 2 rings (SSSR count). The Hall–Kier alpha value is -1.96. The quantitative estimate of drug-likeness (QED) is 0.564. The molecule has 1 amide bonds. The molecule has 2 aromatic carbocycles. The monoisotopic (exact) mass is 408 g/mol. The summed E-state index contributed by atoms with van der Waals surface area (Å²) in [6, 6.07) is 14.3. The summed E-state index contributed by atoms with van der Waals surface area (Å²) in [5.74, 6) is 0.389. The Morgan fingerprint density at radius 2 is 1.83 bits per heavy atom. The Bertz CT molecular complexity index is 707. The number of amides is 1. The van der Waals surface area contributed by atoms with Crippen LogP contribution >= 0.6 is 28.1 Å². The summed E-state index contributed by atoms with van der Waals surface area (Å²) in [5, 5.41) is 5.84. The van der Waals surface area contributed by atoms with E-state index >= 15 is 0 Å². The summed E-state index contributed by atoms with van der Waals surface area (Å²) in [4.78, 5) is 12.2. The van der Waals surface area contributed by atoms with Crippen LogP contribution in [0, 0.1) is 0 Å². The van der Waals surface area contributed by atoms with Crippen molar-refractivity contribution in [3.63, 3.8) is 0 Å². The zero-order valence-corrected chi connectivity index (χ0v) is 15.4. The van der Waals surface area contributed by atoms with Crippen molar-refractivity contribution in [2.45, 2.75) is 0 Å². The van der Waals surface area contributed by atoms with Crippen molar-refractivity contribution >= 4 is 44.9 Å². The van der Waals surface area contributed by atoms with Gasteiger partial charge < -0.3 is 14.8 Å². The molecule has 5 nitrogen and oxygen atoms in total. The van der Waals surface area contributed by atoms with Crippen molar-refractivity contribution in [2.24, 2.45) is 0 Å². The Balaban J connectivity index is 1.89. The van der Waals surface area contributed by atoms with Gasteiger partial charge in [0.1, 0.15) is 12.4 Å². The van der Waals surface area contributed by atoms with E-state index in [-0.39, 0.29) is 11.0 Å². The average molecular weight is 409 g/mol. The van der Waals surface area contributed by atoms with E-state index in [0.717, 1.165) is 10.2 Å². The van der Waals surface area contributed by atoms with Crippen molar-refractivity contribution < 1.29 is 14.3 Å². The fourth-order valence-electron chi connectivity index (χ4n) is 1.84. The molecular formula is C17H17BrN2O3S. The van der Waals surface area contributed by atoms with Crippen LogP contribution < -0.4 is 15.4 Å². The number of carbonyl (C=O) groups is 1. The third-order valence-corrected chi connectivity index (χ3v) is 3.92. The van der Waals surface area contributed by atoms with Crippen LogP contribution in [-0.4, -0.2) is 31.3 Å². The van der Waals surface area contributed by atoms with E-state index in [1.165, 1.54) is 0 Å². The number of carbonyl (C=O) groups excluding carboxylic acids is 1. The van der Waals surface area contributed by atoms with Crippen molar-refractivity contribution in [1.29, 1.82) is 0 Å². The summed E-state index contributed by atoms with van der Waals surface area (Å²) >= 11 is 8.58. The predicted molar refractivity (Wildman–Crippen MR) is 102 cm³/mol. The molecule has 0 aromatic heterocycles. The molecule has 0 radical (unpaired) electrons. The van der Waals surface area contributed by atoms with Crippen LogP contribution in [0.5, 0.6) is 5.75 Å². The normalized spacial score (nSPS) is 10.1. The van der Waals surface area contributed by atoms with Crippen molar-refractivity contribution in [3.8, 4) is 5.75 Å². The molecule has 0 aliphatic rings. The first-order valence-electron chi connectivity index (χ1n) is 7.19. The molecule has 0 spiro atoms. The van der Waals surface area contributed by atoms with E-state index in [4.69, 9.17) is 21.7 Å². The summed E-state index contributed by atoms with van der Waals surface area (Å²) in [6.45, 7) is 0.971. The lowest BCUT2D eigenvalue weighted by molar-refractivity contribution is 0.0977.